The zero-order chi connectivity index (χ0) is 11.9. The molecule has 96 valence electrons. The van der Waals surface area contributed by atoms with Gasteiger partial charge in [0, 0.05) is 18.0 Å². The molecular formula is C13H22N2OS. The smallest absolute Gasteiger partial charge is 0.0600 e. The summed E-state index contributed by atoms with van der Waals surface area (Å²) in [5, 5.41) is 5.49. The molecule has 1 aliphatic rings. The molecule has 1 aliphatic heterocycles. The highest BCUT2D eigenvalue weighted by Crippen LogP contribution is 2.11. The summed E-state index contributed by atoms with van der Waals surface area (Å²) in [5.74, 6) is 0. The summed E-state index contributed by atoms with van der Waals surface area (Å²) >= 11 is 1.82. The molecule has 1 aromatic rings. The van der Waals surface area contributed by atoms with Gasteiger partial charge in [0.25, 0.3) is 0 Å². The van der Waals surface area contributed by atoms with Crippen LogP contribution in [-0.2, 0) is 11.3 Å². The van der Waals surface area contributed by atoms with Crippen LogP contribution in [0.1, 0.15) is 17.7 Å². The Morgan fingerprint density at radius 1 is 1.47 bits per heavy atom. The van der Waals surface area contributed by atoms with Crippen molar-refractivity contribution in [1.82, 2.24) is 10.2 Å². The Morgan fingerprint density at radius 3 is 3.00 bits per heavy atom. The van der Waals surface area contributed by atoms with E-state index in [1.807, 2.05) is 11.3 Å². The second kappa shape index (κ2) is 7.11. The third kappa shape index (κ3) is 4.76. The molecule has 2 rings (SSSR count). The van der Waals surface area contributed by atoms with Crippen LogP contribution in [0.4, 0.5) is 0 Å². The first-order valence-corrected chi connectivity index (χ1v) is 7.26. The van der Waals surface area contributed by atoms with Crippen LogP contribution in [0.5, 0.6) is 0 Å². The summed E-state index contributed by atoms with van der Waals surface area (Å²) in [5.41, 5.74) is 0. The minimum Gasteiger partial charge on any atom is -0.377 e. The third-order valence-electron chi connectivity index (χ3n) is 3.12. The molecule has 1 aromatic heterocycles. The minimum atomic E-state index is 0.478. The van der Waals surface area contributed by atoms with Gasteiger partial charge in [-0.15, -0.1) is 11.3 Å². The monoisotopic (exact) mass is 254 g/mol. The molecule has 0 aliphatic carbocycles. The van der Waals surface area contributed by atoms with Crippen molar-refractivity contribution in [3.63, 3.8) is 0 Å². The summed E-state index contributed by atoms with van der Waals surface area (Å²) in [6.45, 7) is 5.12. The SMILES string of the molecule is CN(CCOC1CCNCC1)Cc1cccs1. The second-order valence-corrected chi connectivity index (χ2v) is 5.67. The van der Waals surface area contributed by atoms with Crippen molar-refractivity contribution in [3.05, 3.63) is 22.4 Å². The molecule has 0 atom stereocenters. The summed E-state index contributed by atoms with van der Waals surface area (Å²) in [7, 11) is 2.16. The molecule has 0 aromatic carbocycles. The lowest BCUT2D eigenvalue weighted by atomic mass is 10.1. The van der Waals surface area contributed by atoms with Gasteiger partial charge in [0.2, 0.25) is 0 Å². The zero-order valence-electron chi connectivity index (χ0n) is 10.5. The summed E-state index contributed by atoms with van der Waals surface area (Å²) < 4.78 is 5.89. The van der Waals surface area contributed by atoms with E-state index in [1.165, 1.54) is 4.88 Å². The van der Waals surface area contributed by atoms with Gasteiger partial charge < -0.3 is 10.1 Å². The van der Waals surface area contributed by atoms with E-state index < -0.39 is 0 Å². The third-order valence-corrected chi connectivity index (χ3v) is 3.98. The number of nitrogens with one attached hydrogen (secondary N) is 1. The fourth-order valence-corrected chi connectivity index (χ4v) is 2.87. The molecule has 1 saturated heterocycles. The normalized spacial score (nSPS) is 17.8. The molecule has 0 bridgehead atoms. The van der Waals surface area contributed by atoms with Crippen LogP contribution in [0.2, 0.25) is 0 Å². The molecule has 0 unspecified atom stereocenters. The van der Waals surface area contributed by atoms with Crippen LogP contribution in [-0.4, -0.2) is 44.3 Å². The van der Waals surface area contributed by atoms with Crippen LogP contribution in [0.3, 0.4) is 0 Å². The second-order valence-electron chi connectivity index (χ2n) is 4.64. The average molecular weight is 254 g/mol. The van der Waals surface area contributed by atoms with Crippen LogP contribution >= 0.6 is 11.3 Å². The molecule has 1 fully saturated rings. The van der Waals surface area contributed by atoms with Crippen molar-refractivity contribution in [3.8, 4) is 0 Å². The summed E-state index contributed by atoms with van der Waals surface area (Å²) in [6, 6.07) is 4.30. The van der Waals surface area contributed by atoms with E-state index in [4.69, 9.17) is 4.74 Å². The highest BCUT2D eigenvalue weighted by Gasteiger charge is 2.13. The Labute approximate surface area is 108 Å². The Hall–Kier alpha value is -0.420. The molecule has 3 nitrogen and oxygen atoms in total. The minimum absolute atomic E-state index is 0.478. The first kappa shape index (κ1) is 13.0. The van der Waals surface area contributed by atoms with E-state index in [0.29, 0.717) is 6.10 Å². The van der Waals surface area contributed by atoms with Gasteiger partial charge in [-0.05, 0) is 44.4 Å². The molecular weight excluding hydrogens is 232 g/mol. The quantitative estimate of drug-likeness (QED) is 0.840. The maximum atomic E-state index is 5.89. The first-order valence-electron chi connectivity index (χ1n) is 6.38. The standard InChI is InChI=1S/C13H22N2OS/c1-15(11-13-3-2-10-17-13)8-9-16-12-4-6-14-7-5-12/h2-3,10,12,14H,4-9,11H2,1H3. The Kier molecular flexibility index (Phi) is 5.45. The average Bonchev–Trinajstić information content (AvgIpc) is 2.83. The Morgan fingerprint density at radius 2 is 2.29 bits per heavy atom. The van der Waals surface area contributed by atoms with Gasteiger partial charge >= 0.3 is 0 Å². The molecule has 17 heavy (non-hydrogen) atoms. The Bertz CT molecular complexity index is 296. The van der Waals surface area contributed by atoms with Crippen molar-refractivity contribution < 1.29 is 4.74 Å². The lowest BCUT2D eigenvalue weighted by Gasteiger charge is -2.24. The van der Waals surface area contributed by atoms with Crippen molar-refractivity contribution in [2.75, 3.05) is 33.3 Å². The number of hydrogen-bond acceptors (Lipinski definition) is 4. The topological polar surface area (TPSA) is 24.5 Å². The Balaban J connectivity index is 1.58. The van der Waals surface area contributed by atoms with Gasteiger partial charge in [0.15, 0.2) is 0 Å². The highest BCUT2D eigenvalue weighted by molar-refractivity contribution is 7.09. The highest BCUT2D eigenvalue weighted by atomic mass is 32.1. The molecule has 1 N–H and O–H groups in total. The van der Waals surface area contributed by atoms with Gasteiger partial charge in [-0.3, -0.25) is 4.90 Å². The van der Waals surface area contributed by atoms with Crippen LogP contribution < -0.4 is 5.32 Å². The molecule has 4 heteroatoms. The predicted molar refractivity (Wildman–Crippen MR) is 72.5 cm³/mol. The number of piperidine rings is 1. The molecule has 2 heterocycles. The fourth-order valence-electron chi connectivity index (χ4n) is 2.08. The van der Waals surface area contributed by atoms with Gasteiger partial charge in [0.1, 0.15) is 0 Å². The van der Waals surface area contributed by atoms with Gasteiger partial charge in [0.05, 0.1) is 12.7 Å². The zero-order valence-corrected chi connectivity index (χ0v) is 11.3. The van der Waals surface area contributed by atoms with E-state index in [1.54, 1.807) is 0 Å². The van der Waals surface area contributed by atoms with E-state index in [9.17, 15) is 0 Å². The van der Waals surface area contributed by atoms with E-state index in [2.05, 4.69) is 34.8 Å². The number of nitrogens with zero attached hydrogens (tertiary/aromatic N) is 1. The number of hydrogen-bond donors (Lipinski definition) is 1. The maximum absolute atomic E-state index is 5.89. The van der Waals surface area contributed by atoms with Gasteiger partial charge in [-0.1, -0.05) is 6.07 Å². The van der Waals surface area contributed by atoms with Crippen LogP contribution in [0.15, 0.2) is 17.5 Å². The number of likely N-dealkylation sites (N-methyl/N-ethyl adjacent to an activating group) is 1. The van der Waals surface area contributed by atoms with E-state index in [-0.39, 0.29) is 0 Å². The lowest BCUT2D eigenvalue weighted by molar-refractivity contribution is 0.0225. The maximum Gasteiger partial charge on any atom is 0.0600 e. The number of ether oxygens (including phenoxy) is 1. The molecule has 0 radical (unpaired) electrons. The van der Waals surface area contributed by atoms with Gasteiger partial charge in [-0.25, -0.2) is 0 Å². The molecule has 0 saturated carbocycles. The van der Waals surface area contributed by atoms with Gasteiger partial charge in [-0.2, -0.15) is 0 Å². The van der Waals surface area contributed by atoms with Crippen LogP contribution in [0.25, 0.3) is 0 Å². The van der Waals surface area contributed by atoms with Crippen molar-refractivity contribution >= 4 is 11.3 Å². The van der Waals surface area contributed by atoms with Crippen LogP contribution in [0, 0.1) is 0 Å². The lowest BCUT2D eigenvalue weighted by Crippen LogP contribution is -2.34. The molecule has 0 amide bonds. The van der Waals surface area contributed by atoms with Crippen molar-refractivity contribution in [1.29, 1.82) is 0 Å². The van der Waals surface area contributed by atoms with E-state index >= 15 is 0 Å². The first-order chi connectivity index (χ1) is 8.34. The summed E-state index contributed by atoms with van der Waals surface area (Å²) in [4.78, 5) is 3.75. The number of rotatable bonds is 6. The predicted octanol–water partition coefficient (Wildman–Crippen LogP) is 1.95. The molecule has 0 spiro atoms. The fraction of sp³-hybridized carbons (Fsp3) is 0.692. The van der Waals surface area contributed by atoms with E-state index in [0.717, 1.165) is 45.6 Å². The van der Waals surface area contributed by atoms with Crippen molar-refractivity contribution in [2.24, 2.45) is 0 Å². The largest absolute Gasteiger partial charge is 0.377 e. The van der Waals surface area contributed by atoms with Crippen molar-refractivity contribution in [2.45, 2.75) is 25.5 Å². The number of thiophene rings is 1. The summed E-state index contributed by atoms with van der Waals surface area (Å²) in [6.07, 6.45) is 2.80.